The molecule has 0 aliphatic rings. The fourth-order valence-corrected chi connectivity index (χ4v) is 2.91. The molecule has 2 aromatic heterocycles. The molecule has 0 saturated carbocycles. The SMILES string of the molecule is Cc1cc(C(Cc2nc(C(C)(C)C)cs2)NN)co1. The lowest BCUT2D eigenvalue weighted by molar-refractivity contribution is 0.509. The first kappa shape index (κ1) is 14.2. The largest absolute Gasteiger partial charge is 0.469 e. The van der Waals surface area contributed by atoms with Crippen LogP contribution in [0.4, 0.5) is 0 Å². The molecule has 0 radical (unpaired) electrons. The maximum Gasteiger partial charge on any atom is 0.101 e. The highest BCUT2D eigenvalue weighted by molar-refractivity contribution is 7.09. The van der Waals surface area contributed by atoms with E-state index in [2.05, 4.69) is 31.6 Å². The van der Waals surface area contributed by atoms with Crippen LogP contribution in [0.15, 0.2) is 22.1 Å². The van der Waals surface area contributed by atoms with Crippen LogP contribution in [0.5, 0.6) is 0 Å². The second-order valence-corrected chi connectivity index (χ2v) is 6.73. The Morgan fingerprint density at radius 2 is 2.21 bits per heavy atom. The number of nitrogens with two attached hydrogens (primary N) is 1. The van der Waals surface area contributed by atoms with Crippen LogP contribution in [0.3, 0.4) is 0 Å². The van der Waals surface area contributed by atoms with Gasteiger partial charge in [0.1, 0.15) is 5.76 Å². The summed E-state index contributed by atoms with van der Waals surface area (Å²) in [5.41, 5.74) is 5.12. The first-order chi connectivity index (χ1) is 8.90. The van der Waals surface area contributed by atoms with Gasteiger partial charge in [-0.05, 0) is 13.0 Å². The standard InChI is InChI=1S/C14H21N3OS/c1-9-5-10(7-18-9)11(17-15)6-13-16-12(8-19-13)14(2,3)4/h5,7-8,11,17H,6,15H2,1-4H3. The lowest BCUT2D eigenvalue weighted by atomic mass is 9.93. The van der Waals surface area contributed by atoms with Gasteiger partial charge in [0, 0.05) is 22.8 Å². The molecular formula is C14H21N3OS. The Morgan fingerprint density at radius 1 is 1.47 bits per heavy atom. The Balaban J connectivity index is 2.13. The summed E-state index contributed by atoms with van der Waals surface area (Å²) in [6.45, 7) is 8.44. The van der Waals surface area contributed by atoms with Crippen LogP contribution in [0.2, 0.25) is 0 Å². The second kappa shape index (κ2) is 5.45. The van der Waals surface area contributed by atoms with Gasteiger partial charge in [0.25, 0.3) is 0 Å². The minimum Gasteiger partial charge on any atom is -0.469 e. The van der Waals surface area contributed by atoms with Gasteiger partial charge in [0.15, 0.2) is 0 Å². The van der Waals surface area contributed by atoms with Crippen molar-refractivity contribution in [1.82, 2.24) is 10.4 Å². The molecule has 19 heavy (non-hydrogen) atoms. The number of nitrogens with zero attached hydrogens (tertiary/aromatic N) is 1. The number of aromatic nitrogens is 1. The van der Waals surface area contributed by atoms with Gasteiger partial charge in [-0.25, -0.2) is 4.98 Å². The van der Waals surface area contributed by atoms with Crippen LogP contribution in [-0.2, 0) is 11.8 Å². The van der Waals surface area contributed by atoms with E-state index in [4.69, 9.17) is 15.2 Å². The maximum absolute atomic E-state index is 5.64. The number of hydrazine groups is 1. The van der Waals surface area contributed by atoms with Crippen LogP contribution >= 0.6 is 11.3 Å². The predicted molar refractivity (Wildman–Crippen MR) is 78.0 cm³/mol. The number of rotatable bonds is 4. The summed E-state index contributed by atoms with van der Waals surface area (Å²) in [7, 11) is 0. The minimum absolute atomic E-state index is 0.0384. The molecular weight excluding hydrogens is 258 g/mol. The highest BCUT2D eigenvalue weighted by Crippen LogP contribution is 2.27. The highest BCUT2D eigenvalue weighted by atomic mass is 32.1. The quantitative estimate of drug-likeness (QED) is 0.667. The molecule has 0 spiro atoms. The van der Waals surface area contributed by atoms with Crippen molar-refractivity contribution in [2.24, 2.45) is 5.84 Å². The van der Waals surface area contributed by atoms with E-state index in [1.807, 2.05) is 13.0 Å². The molecule has 0 bridgehead atoms. The number of thiazole rings is 1. The van der Waals surface area contributed by atoms with Crippen molar-refractivity contribution in [3.05, 3.63) is 39.7 Å². The van der Waals surface area contributed by atoms with E-state index in [0.29, 0.717) is 0 Å². The van der Waals surface area contributed by atoms with Gasteiger partial charge in [-0.1, -0.05) is 20.8 Å². The molecule has 0 amide bonds. The van der Waals surface area contributed by atoms with Crippen molar-refractivity contribution >= 4 is 11.3 Å². The monoisotopic (exact) mass is 279 g/mol. The zero-order chi connectivity index (χ0) is 14.0. The van der Waals surface area contributed by atoms with Gasteiger partial charge < -0.3 is 4.42 Å². The van der Waals surface area contributed by atoms with Gasteiger partial charge in [0.05, 0.1) is 23.0 Å². The third kappa shape index (κ3) is 3.43. The predicted octanol–water partition coefficient (Wildman–Crippen LogP) is 3.09. The third-order valence-corrected chi connectivity index (χ3v) is 3.92. The molecule has 2 rings (SSSR count). The average Bonchev–Trinajstić information content (AvgIpc) is 2.94. The summed E-state index contributed by atoms with van der Waals surface area (Å²) in [6.07, 6.45) is 2.52. The van der Waals surface area contributed by atoms with Gasteiger partial charge >= 0.3 is 0 Å². The molecule has 5 heteroatoms. The highest BCUT2D eigenvalue weighted by Gasteiger charge is 2.20. The molecule has 1 atom stereocenters. The number of aryl methyl sites for hydroxylation is 1. The summed E-state index contributed by atoms with van der Waals surface area (Å²) in [6, 6.07) is 2.04. The molecule has 0 aliphatic carbocycles. The average molecular weight is 279 g/mol. The zero-order valence-electron chi connectivity index (χ0n) is 11.9. The van der Waals surface area contributed by atoms with Gasteiger partial charge in [-0.3, -0.25) is 11.3 Å². The van der Waals surface area contributed by atoms with Crippen LogP contribution in [0.1, 0.15) is 48.8 Å². The number of furan rings is 1. The smallest absolute Gasteiger partial charge is 0.101 e. The molecule has 0 fully saturated rings. The Labute approximate surface area is 118 Å². The summed E-state index contributed by atoms with van der Waals surface area (Å²) in [5.74, 6) is 6.53. The fraction of sp³-hybridized carbons (Fsp3) is 0.500. The van der Waals surface area contributed by atoms with Crippen LogP contribution in [0.25, 0.3) is 0 Å². The Bertz CT molecular complexity index is 539. The van der Waals surface area contributed by atoms with E-state index in [1.165, 1.54) is 0 Å². The molecule has 4 nitrogen and oxygen atoms in total. The lowest BCUT2D eigenvalue weighted by Gasteiger charge is -2.15. The Morgan fingerprint density at radius 3 is 2.68 bits per heavy atom. The van der Waals surface area contributed by atoms with Crippen LogP contribution in [0, 0.1) is 6.92 Å². The van der Waals surface area contributed by atoms with E-state index in [1.54, 1.807) is 17.6 Å². The molecule has 3 N–H and O–H groups in total. The number of hydrogen-bond donors (Lipinski definition) is 2. The third-order valence-electron chi connectivity index (χ3n) is 3.05. The fourth-order valence-electron chi connectivity index (χ4n) is 1.84. The second-order valence-electron chi connectivity index (χ2n) is 5.79. The normalized spacial score (nSPS) is 13.7. The topological polar surface area (TPSA) is 64.1 Å². The molecule has 2 heterocycles. The summed E-state index contributed by atoms with van der Waals surface area (Å²) in [4.78, 5) is 4.69. The first-order valence-electron chi connectivity index (χ1n) is 6.36. The minimum atomic E-state index is 0.0384. The summed E-state index contributed by atoms with van der Waals surface area (Å²) < 4.78 is 5.33. The van der Waals surface area contributed by atoms with Crippen LogP contribution in [-0.4, -0.2) is 4.98 Å². The van der Waals surface area contributed by atoms with Gasteiger partial charge in [-0.15, -0.1) is 11.3 Å². The van der Waals surface area contributed by atoms with E-state index in [-0.39, 0.29) is 11.5 Å². The maximum atomic E-state index is 5.64. The molecule has 0 aromatic carbocycles. The van der Waals surface area contributed by atoms with Crippen molar-refractivity contribution in [2.45, 2.75) is 45.6 Å². The van der Waals surface area contributed by atoms with E-state index >= 15 is 0 Å². The van der Waals surface area contributed by atoms with Crippen molar-refractivity contribution in [2.75, 3.05) is 0 Å². The number of nitrogens with one attached hydrogen (secondary N) is 1. The van der Waals surface area contributed by atoms with Gasteiger partial charge in [-0.2, -0.15) is 0 Å². The van der Waals surface area contributed by atoms with Crippen molar-refractivity contribution in [3.8, 4) is 0 Å². The van der Waals surface area contributed by atoms with Crippen molar-refractivity contribution in [3.63, 3.8) is 0 Å². The summed E-state index contributed by atoms with van der Waals surface area (Å²) >= 11 is 1.68. The molecule has 0 aliphatic heterocycles. The van der Waals surface area contributed by atoms with E-state index in [0.717, 1.165) is 28.4 Å². The first-order valence-corrected chi connectivity index (χ1v) is 7.24. The number of hydrogen-bond acceptors (Lipinski definition) is 5. The van der Waals surface area contributed by atoms with Crippen molar-refractivity contribution in [1.29, 1.82) is 0 Å². The van der Waals surface area contributed by atoms with Crippen molar-refractivity contribution < 1.29 is 4.42 Å². The summed E-state index contributed by atoms with van der Waals surface area (Å²) in [5, 5.41) is 3.22. The Kier molecular flexibility index (Phi) is 4.08. The van der Waals surface area contributed by atoms with Crippen LogP contribution < -0.4 is 11.3 Å². The molecule has 1 unspecified atom stereocenters. The molecule has 104 valence electrons. The van der Waals surface area contributed by atoms with E-state index < -0.39 is 0 Å². The van der Waals surface area contributed by atoms with E-state index in [9.17, 15) is 0 Å². The molecule has 2 aromatic rings. The Hall–Kier alpha value is -1.17. The van der Waals surface area contributed by atoms with Gasteiger partial charge in [0.2, 0.25) is 0 Å². The zero-order valence-corrected chi connectivity index (χ0v) is 12.7. The lowest BCUT2D eigenvalue weighted by Crippen LogP contribution is -2.29. The molecule has 0 saturated heterocycles.